The summed E-state index contributed by atoms with van der Waals surface area (Å²) in [5, 5.41) is 0. The molecule has 0 aliphatic heterocycles. The van der Waals surface area contributed by atoms with Gasteiger partial charge >= 0.3 is 0 Å². The summed E-state index contributed by atoms with van der Waals surface area (Å²) < 4.78 is 33.5. The molecule has 0 bridgehead atoms. The Labute approximate surface area is 116 Å². The van der Waals surface area contributed by atoms with Crippen molar-refractivity contribution in [3.05, 3.63) is 41.5 Å². The number of halogens is 2. The van der Waals surface area contributed by atoms with Gasteiger partial charge in [-0.2, -0.15) is 0 Å². The van der Waals surface area contributed by atoms with Gasteiger partial charge in [-0.1, -0.05) is 0 Å². The summed E-state index contributed by atoms with van der Waals surface area (Å²) in [5.41, 5.74) is 1.87. The van der Waals surface area contributed by atoms with Gasteiger partial charge in [-0.25, -0.2) is 18.7 Å². The van der Waals surface area contributed by atoms with Crippen LogP contribution in [0.25, 0.3) is 11.1 Å². The lowest BCUT2D eigenvalue weighted by atomic mass is 10.0. The molecule has 0 unspecified atom stereocenters. The molecule has 20 heavy (non-hydrogen) atoms. The molecule has 106 valence electrons. The van der Waals surface area contributed by atoms with Gasteiger partial charge < -0.3 is 4.74 Å². The van der Waals surface area contributed by atoms with Crippen molar-refractivity contribution in [2.24, 2.45) is 0 Å². The first kappa shape index (κ1) is 14.4. The van der Waals surface area contributed by atoms with Crippen molar-refractivity contribution in [3.63, 3.8) is 0 Å². The molecule has 5 heteroatoms. The molecule has 0 saturated heterocycles. The van der Waals surface area contributed by atoms with Crippen molar-refractivity contribution >= 4 is 0 Å². The smallest absolute Gasteiger partial charge is 0.165 e. The van der Waals surface area contributed by atoms with Gasteiger partial charge in [0, 0.05) is 28.6 Å². The van der Waals surface area contributed by atoms with Gasteiger partial charge in [0.05, 0.1) is 6.10 Å². The molecular weight excluding hydrogens is 262 g/mol. The van der Waals surface area contributed by atoms with Crippen LogP contribution in [0.5, 0.6) is 5.75 Å². The van der Waals surface area contributed by atoms with Crippen LogP contribution in [0.4, 0.5) is 8.78 Å². The van der Waals surface area contributed by atoms with Gasteiger partial charge in [0.1, 0.15) is 12.1 Å². The normalized spacial score (nSPS) is 10.9. The van der Waals surface area contributed by atoms with E-state index in [9.17, 15) is 8.78 Å². The van der Waals surface area contributed by atoms with Crippen molar-refractivity contribution in [1.29, 1.82) is 0 Å². The average Bonchev–Trinajstić information content (AvgIpc) is 2.34. The highest BCUT2D eigenvalue weighted by molar-refractivity contribution is 5.69. The molecule has 3 nitrogen and oxygen atoms in total. The summed E-state index contributed by atoms with van der Waals surface area (Å²) in [4.78, 5) is 8.05. The fraction of sp³-hybridized carbons (Fsp3) is 0.333. The topological polar surface area (TPSA) is 35.0 Å². The van der Waals surface area contributed by atoms with Crippen LogP contribution in [0.3, 0.4) is 0 Å². The highest BCUT2D eigenvalue weighted by atomic mass is 19.1. The second-order valence-electron chi connectivity index (χ2n) is 4.85. The molecule has 2 aromatic rings. The standard InChI is InChI=1S/C15H16F2N2O/c1-8(2)20-14-6-12(16)11(5-13(14)17)15-9(3)18-7-19-10(15)4/h5-8H,1-4H3. The average molecular weight is 278 g/mol. The van der Waals surface area contributed by atoms with Crippen LogP contribution in [0.1, 0.15) is 25.2 Å². The van der Waals surface area contributed by atoms with Gasteiger partial charge in [0.15, 0.2) is 11.6 Å². The molecule has 0 radical (unpaired) electrons. The maximum atomic E-state index is 14.2. The lowest BCUT2D eigenvalue weighted by molar-refractivity contribution is 0.230. The molecule has 0 aliphatic rings. The molecule has 1 aromatic heterocycles. The minimum absolute atomic E-state index is 0.0894. The molecule has 0 aliphatic carbocycles. The predicted molar refractivity (Wildman–Crippen MR) is 72.6 cm³/mol. The van der Waals surface area contributed by atoms with E-state index in [4.69, 9.17) is 4.74 Å². The Hall–Kier alpha value is -2.04. The highest BCUT2D eigenvalue weighted by Gasteiger charge is 2.17. The van der Waals surface area contributed by atoms with E-state index in [1.54, 1.807) is 27.7 Å². The van der Waals surface area contributed by atoms with Crippen LogP contribution in [-0.2, 0) is 0 Å². The summed E-state index contributed by atoms with van der Waals surface area (Å²) in [5.74, 6) is -1.24. The first-order valence-corrected chi connectivity index (χ1v) is 6.34. The number of nitrogens with zero attached hydrogens (tertiary/aromatic N) is 2. The fourth-order valence-electron chi connectivity index (χ4n) is 2.05. The molecular formula is C15H16F2N2O. The Bertz CT molecular complexity index is 622. The van der Waals surface area contributed by atoms with Gasteiger partial charge in [-0.3, -0.25) is 0 Å². The maximum absolute atomic E-state index is 14.2. The Morgan fingerprint density at radius 3 is 2.15 bits per heavy atom. The van der Waals surface area contributed by atoms with E-state index in [0.29, 0.717) is 17.0 Å². The van der Waals surface area contributed by atoms with Crippen molar-refractivity contribution in [3.8, 4) is 16.9 Å². The molecule has 0 atom stereocenters. The van der Waals surface area contributed by atoms with E-state index in [1.165, 1.54) is 6.33 Å². The third-order valence-electron chi connectivity index (χ3n) is 2.88. The Balaban J connectivity index is 2.57. The van der Waals surface area contributed by atoms with E-state index in [2.05, 4.69) is 9.97 Å². The van der Waals surface area contributed by atoms with Crippen LogP contribution in [-0.4, -0.2) is 16.1 Å². The van der Waals surface area contributed by atoms with E-state index in [-0.39, 0.29) is 17.4 Å². The molecule has 0 fully saturated rings. The molecule has 0 saturated carbocycles. The third kappa shape index (κ3) is 2.76. The lowest BCUT2D eigenvalue weighted by Gasteiger charge is -2.14. The first-order valence-electron chi connectivity index (χ1n) is 6.34. The van der Waals surface area contributed by atoms with Crippen LogP contribution < -0.4 is 4.74 Å². The molecule has 0 N–H and O–H groups in total. The Morgan fingerprint density at radius 2 is 1.60 bits per heavy atom. The molecule has 1 heterocycles. The van der Waals surface area contributed by atoms with Crippen LogP contribution >= 0.6 is 0 Å². The minimum atomic E-state index is -0.599. The predicted octanol–water partition coefficient (Wildman–Crippen LogP) is 3.83. The molecule has 0 spiro atoms. The van der Waals surface area contributed by atoms with Crippen molar-refractivity contribution in [1.82, 2.24) is 9.97 Å². The summed E-state index contributed by atoms with van der Waals surface area (Å²) in [6, 6.07) is 2.20. The molecule has 2 rings (SSSR count). The largest absolute Gasteiger partial charge is 0.488 e. The van der Waals surface area contributed by atoms with Gasteiger partial charge in [-0.05, 0) is 33.8 Å². The number of benzene rings is 1. The maximum Gasteiger partial charge on any atom is 0.165 e. The van der Waals surface area contributed by atoms with Gasteiger partial charge in [0.2, 0.25) is 0 Å². The fourth-order valence-corrected chi connectivity index (χ4v) is 2.05. The zero-order valence-electron chi connectivity index (χ0n) is 11.9. The number of rotatable bonds is 3. The SMILES string of the molecule is Cc1ncnc(C)c1-c1cc(F)c(OC(C)C)cc1F. The van der Waals surface area contributed by atoms with Crippen molar-refractivity contribution in [2.75, 3.05) is 0 Å². The zero-order chi connectivity index (χ0) is 14.9. The van der Waals surface area contributed by atoms with Gasteiger partial charge in [0.25, 0.3) is 0 Å². The number of hydrogen-bond acceptors (Lipinski definition) is 3. The Kier molecular flexibility index (Phi) is 3.97. The number of aryl methyl sites for hydroxylation is 2. The molecule has 1 aromatic carbocycles. The van der Waals surface area contributed by atoms with E-state index >= 15 is 0 Å². The zero-order valence-corrected chi connectivity index (χ0v) is 11.9. The lowest BCUT2D eigenvalue weighted by Crippen LogP contribution is -2.08. The Morgan fingerprint density at radius 1 is 1.00 bits per heavy atom. The summed E-state index contributed by atoms with van der Waals surface area (Å²) >= 11 is 0. The quantitative estimate of drug-likeness (QED) is 0.856. The first-order chi connectivity index (χ1) is 9.40. The van der Waals surface area contributed by atoms with Crippen LogP contribution in [0.15, 0.2) is 18.5 Å². The summed E-state index contributed by atoms with van der Waals surface area (Å²) in [6.45, 7) is 6.98. The van der Waals surface area contributed by atoms with Crippen molar-refractivity contribution in [2.45, 2.75) is 33.8 Å². The number of ether oxygens (including phenoxy) is 1. The monoisotopic (exact) mass is 278 g/mol. The van der Waals surface area contributed by atoms with Crippen LogP contribution in [0.2, 0.25) is 0 Å². The highest BCUT2D eigenvalue weighted by Crippen LogP contribution is 2.32. The van der Waals surface area contributed by atoms with Crippen LogP contribution in [0, 0.1) is 25.5 Å². The van der Waals surface area contributed by atoms with Gasteiger partial charge in [-0.15, -0.1) is 0 Å². The number of hydrogen-bond donors (Lipinski definition) is 0. The van der Waals surface area contributed by atoms with Crippen molar-refractivity contribution < 1.29 is 13.5 Å². The second-order valence-corrected chi connectivity index (χ2v) is 4.85. The second kappa shape index (κ2) is 5.53. The third-order valence-corrected chi connectivity index (χ3v) is 2.88. The van der Waals surface area contributed by atoms with E-state index in [0.717, 1.165) is 12.1 Å². The summed E-state index contributed by atoms with van der Waals surface area (Å²) in [7, 11) is 0. The minimum Gasteiger partial charge on any atom is -0.488 e. The van der Waals surface area contributed by atoms with E-state index < -0.39 is 11.6 Å². The summed E-state index contributed by atoms with van der Waals surface area (Å²) in [6.07, 6.45) is 1.18. The van der Waals surface area contributed by atoms with E-state index in [1.807, 2.05) is 0 Å². The number of aromatic nitrogens is 2. The molecule has 0 amide bonds.